The summed E-state index contributed by atoms with van der Waals surface area (Å²) in [6.45, 7) is 8.44. The zero-order chi connectivity index (χ0) is 16.2. The number of piperidine rings is 1. The van der Waals surface area contributed by atoms with E-state index in [1.807, 2.05) is 37.4 Å². The van der Waals surface area contributed by atoms with Gasteiger partial charge in [-0.25, -0.2) is 4.79 Å². The van der Waals surface area contributed by atoms with Gasteiger partial charge in [0.05, 0.1) is 0 Å². The number of nitrogens with one attached hydrogen (secondary N) is 1. The summed E-state index contributed by atoms with van der Waals surface area (Å²) in [7, 11) is 0. The van der Waals surface area contributed by atoms with Gasteiger partial charge in [-0.15, -0.1) is 0 Å². The quantitative estimate of drug-likeness (QED) is 0.855. The van der Waals surface area contributed by atoms with Crippen molar-refractivity contribution in [1.82, 2.24) is 10.2 Å². The van der Waals surface area contributed by atoms with Crippen molar-refractivity contribution >= 4 is 17.9 Å². The molecule has 1 aliphatic carbocycles. The van der Waals surface area contributed by atoms with Crippen LogP contribution < -0.4 is 5.32 Å². The monoisotopic (exact) mass is 328 g/mol. The van der Waals surface area contributed by atoms with E-state index in [4.69, 9.17) is 4.74 Å². The summed E-state index contributed by atoms with van der Waals surface area (Å²) in [6, 6.07) is 0.408. The predicted molar refractivity (Wildman–Crippen MR) is 93.5 cm³/mol. The molecule has 1 atom stereocenters. The van der Waals surface area contributed by atoms with Crippen LogP contribution in [0.2, 0.25) is 0 Å². The Labute approximate surface area is 139 Å². The first-order valence-corrected chi connectivity index (χ1v) is 9.82. The van der Waals surface area contributed by atoms with E-state index in [1.54, 1.807) is 0 Å². The lowest BCUT2D eigenvalue weighted by Crippen LogP contribution is -2.51. The second kappa shape index (κ2) is 7.43. The van der Waals surface area contributed by atoms with Crippen LogP contribution in [0.25, 0.3) is 0 Å². The fraction of sp³-hybridized carbons (Fsp3) is 0.941. The molecule has 0 aromatic carbocycles. The van der Waals surface area contributed by atoms with Crippen LogP contribution in [-0.2, 0) is 4.74 Å². The third-order valence-electron chi connectivity index (χ3n) is 4.73. The van der Waals surface area contributed by atoms with Crippen molar-refractivity contribution in [3.63, 3.8) is 0 Å². The van der Waals surface area contributed by atoms with E-state index >= 15 is 0 Å². The van der Waals surface area contributed by atoms with Crippen LogP contribution in [-0.4, -0.2) is 53.3 Å². The van der Waals surface area contributed by atoms with Gasteiger partial charge in [0.2, 0.25) is 0 Å². The summed E-state index contributed by atoms with van der Waals surface area (Å²) in [6.07, 6.45) is 9.65. The Hall–Kier alpha value is -0.420. The molecular weight excluding hydrogens is 296 g/mol. The summed E-state index contributed by atoms with van der Waals surface area (Å²) in [5.41, 5.74) is -0.412. The van der Waals surface area contributed by atoms with E-state index in [9.17, 15) is 4.79 Å². The topological polar surface area (TPSA) is 41.6 Å². The van der Waals surface area contributed by atoms with E-state index in [0.717, 1.165) is 32.5 Å². The van der Waals surface area contributed by atoms with Crippen molar-refractivity contribution in [3.05, 3.63) is 0 Å². The summed E-state index contributed by atoms with van der Waals surface area (Å²) >= 11 is 2.02. The molecule has 0 aromatic heterocycles. The number of likely N-dealkylation sites (tertiary alicyclic amines) is 1. The molecular formula is C17H32N2O2S. The molecule has 0 bridgehead atoms. The Morgan fingerprint density at radius 3 is 2.59 bits per heavy atom. The van der Waals surface area contributed by atoms with Crippen molar-refractivity contribution < 1.29 is 9.53 Å². The Kier molecular flexibility index (Phi) is 6.06. The molecule has 4 nitrogen and oxygen atoms in total. The largest absolute Gasteiger partial charge is 0.444 e. The lowest BCUT2D eigenvalue weighted by atomic mass is 10.0. The summed E-state index contributed by atoms with van der Waals surface area (Å²) < 4.78 is 5.92. The molecule has 128 valence electrons. The highest BCUT2D eigenvalue weighted by Crippen LogP contribution is 2.39. The van der Waals surface area contributed by atoms with Crippen molar-refractivity contribution in [2.45, 2.75) is 75.7 Å². The maximum absolute atomic E-state index is 12.2. The van der Waals surface area contributed by atoms with Gasteiger partial charge in [0.1, 0.15) is 5.60 Å². The van der Waals surface area contributed by atoms with Gasteiger partial charge in [0.15, 0.2) is 0 Å². The van der Waals surface area contributed by atoms with Crippen LogP contribution in [0.3, 0.4) is 0 Å². The molecule has 1 aliphatic heterocycles. The minimum Gasteiger partial charge on any atom is -0.444 e. The Balaban J connectivity index is 1.81. The van der Waals surface area contributed by atoms with Crippen molar-refractivity contribution in [3.8, 4) is 0 Å². The van der Waals surface area contributed by atoms with Crippen LogP contribution in [0.5, 0.6) is 0 Å². The zero-order valence-corrected chi connectivity index (χ0v) is 15.4. The first-order chi connectivity index (χ1) is 10.3. The highest BCUT2D eigenvalue weighted by Gasteiger charge is 2.34. The second-order valence-corrected chi connectivity index (χ2v) is 9.01. The summed E-state index contributed by atoms with van der Waals surface area (Å²) in [4.78, 5) is 14.1. The third kappa shape index (κ3) is 5.05. The van der Waals surface area contributed by atoms with Crippen LogP contribution in [0, 0.1) is 0 Å². The molecule has 22 heavy (non-hydrogen) atoms. The second-order valence-electron chi connectivity index (χ2n) is 7.74. The van der Waals surface area contributed by atoms with Gasteiger partial charge in [0.25, 0.3) is 0 Å². The fourth-order valence-corrected chi connectivity index (χ4v) is 4.36. The Morgan fingerprint density at radius 2 is 2.00 bits per heavy atom. The minimum absolute atomic E-state index is 0.167. The van der Waals surface area contributed by atoms with Crippen LogP contribution >= 0.6 is 11.8 Å². The number of thioether (sulfide) groups is 1. The zero-order valence-electron chi connectivity index (χ0n) is 14.6. The number of carbonyl (C=O) groups is 1. The molecule has 2 rings (SSSR count). The van der Waals surface area contributed by atoms with E-state index in [1.165, 1.54) is 25.7 Å². The van der Waals surface area contributed by atoms with Crippen LogP contribution in [0.4, 0.5) is 4.79 Å². The van der Waals surface area contributed by atoms with E-state index < -0.39 is 5.60 Å². The molecule has 1 unspecified atom stereocenters. The number of carbonyl (C=O) groups excluding carboxylic acids is 1. The van der Waals surface area contributed by atoms with Gasteiger partial charge in [-0.05, 0) is 52.7 Å². The average molecular weight is 329 g/mol. The SMILES string of the molecule is CSC1(CNC2CCCN(C(=O)OC(C)(C)C)C2)CCCC1. The Bertz CT molecular complexity index is 375. The standard InChI is InChI=1S/C17H32N2O2S/c1-16(2,3)21-15(20)19-11-7-8-14(12-19)18-13-17(22-4)9-5-6-10-17/h14,18H,5-13H2,1-4H3. The summed E-state index contributed by atoms with van der Waals surface area (Å²) in [5.74, 6) is 0. The van der Waals surface area contributed by atoms with Gasteiger partial charge in [0, 0.05) is 30.4 Å². The lowest BCUT2D eigenvalue weighted by molar-refractivity contribution is 0.0187. The molecule has 1 N–H and O–H groups in total. The molecule has 2 fully saturated rings. The molecule has 1 amide bonds. The maximum atomic E-state index is 12.2. The van der Waals surface area contributed by atoms with Crippen molar-refractivity contribution in [1.29, 1.82) is 0 Å². The average Bonchev–Trinajstić information content (AvgIpc) is 2.93. The minimum atomic E-state index is -0.412. The van der Waals surface area contributed by atoms with Gasteiger partial charge < -0.3 is 15.0 Å². The van der Waals surface area contributed by atoms with Crippen LogP contribution in [0.1, 0.15) is 59.3 Å². The number of nitrogens with zero attached hydrogens (tertiary/aromatic N) is 1. The van der Waals surface area contributed by atoms with Crippen molar-refractivity contribution in [2.24, 2.45) is 0 Å². The molecule has 0 spiro atoms. The maximum Gasteiger partial charge on any atom is 0.410 e. The third-order valence-corrected chi connectivity index (χ3v) is 6.15. The molecule has 0 aromatic rings. The van der Waals surface area contributed by atoms with Gasteiger partial charge in [-0.1, -0.05) is 12.8 Å². The summed E-state index contributed by atoms with van der Waals surface area (Å²) in [5, 5.41) is 3.73. The highest BCUT2D eigenvalue weighted by molar-refractivity contribution is 8.00. The van der Waals surface area contributed by atoms with E-state index in [-0.39, 0.29) is 6.09 Å². The number of hydrogen-bond donors (Lipinski definition) is 1. The molecule has 2 aliphatic rings. The first kappa shape index (κ1) is 17.9. The first-order valence-electron chi connectivity index (χ1n) is 8.60. The normalized spacial score (nSPS) is 25.3. The number of hydrogen-bond acceptors (Lipinski definition) is 4. The molecule has 0 radical (unpaired) electrons. The van der Waals surface area contributed by atoms with Gasteiger partial charge >= 0.3 is 6.09 Å². The molecule has 1 saturated carbocycles. The smallest absolute Gasteiger partial charge is 0.410 e. The van der Waals surface area contributed by atoms with Gasteiger partial charge in [-0.2, -0.15) is 11.8 Å². The van der Waals surface area contributed by atoms with Crippen LogP contribution in [0.15, 0.2) is 0 Å². The molecule has 5 heteroatoms. The van der Waals surface area contributed by atoms with Crippen molar-refractivity contribution in [2.75, 3.05) is 25.9 Å². The molecule has 1 saturated heterocycles. The Morgan fingerprint density at radius 1 is 1.32 bits per heavy atom. The highest BCUT2D eigenvalue weighted by atomic mass is 32.2. The lowest BCUT2D eigenvalue weighted by Gasteiger charge is -2.36. The predicted octanol–water partition coefficient (Wildman–Crippen LogP) is 3.65. The van der Waals surface area contributed by atoms with E-state index in [2.05, 4.69) is 11.6 Å². The molecule has 1 heterocycles. The number of amides is 1. The fourth-order valence-electron chi connectivity index (χ4n) is 3.44. The number of ether oxygens (including phenoxy) is 1. The number of rotatable bonds is 4. The van der Waals surface area contributed by atoms with Gasteiger partial charge in [-0.3, -0.25) is 0 Å². The van der Waals surface area contributed by atoms with E-state index in [0.29, 0.717) is 10.8 Å².